The molecule has 34 heavy (non-hydrogen) atoms. The molecule has 1 unspecified atom stereocenters. The predicted molar refractivity (Wildman–Crippen MR) is 123 cm³/mol. The number of carbonyl (C=O) groups excluding carboxylic acids is 3. The van der Waals surface area contributed by atoms with Crippen molar-refractivity contribution in [2.24, 2.45) is 0 Å². The fraction of sp³-hybridized carbons (Fsp3) is 0.348. The van der Waals surface area contributed by atoms with Crippen LogP contribution in [0.4, 0.5) is 11.4 Å². The van der Waals surface area contributed by atoms with E-state index in [-0.39, 0.29) is 43.2 Å². The number of methoxy groups -OCH3 is 2. The van der Waals surface area contributed by atoms with Gasteiger partial charge in [0.2, 0.25) is 11.8 Å². The van der Waals surface area contributed by atoms with Crippen molar-refractivity contribution in [2.45, 2.75) is 32.2 Å². The number of nitrogens with one attached hydrogen (secondary N) is 2. The van der Waals surface area contributed by atoms with Crippen LogP contribution in [0.15, 0.2) is 42.5 Å². The molecule has 11 nitrogen and oxygen atoms in total. The van der Waals surface area contributed by atoms with Crippen LogP contribution in [-0.4, -0.2) is 49.6 Å². The molecule has 182 valence electrons. The smallest absolute Gasteiger partial charge is 0.328 e. The van der Waals surface area contributed by atoms with E-state index in [1.165, 1.54) is 26.4 Å². The molecule has 2 rings (SSSR count). The molecule has 0 saturated carbocycles. The molecule has 0 bridgehead atoms. The number of ether oxygens (including phenoxy) is 3. The predicted octanol–water partition coefficient (Wildman–Crippen LogP) is 2.62. The number of benzene rings is 2. The molecular formula is C23H27N3O8. The molecule has 0 radical (unpaired) electrons. The van der Waals surface area contributed by atoms with Gasteiger partial charge in [-0.25, -0.2) is 4.79 Å². The lowest BCUT2D eigenvalue weighted by Crippen LogP contribution is -2.43. The van der Waals surface area contributed by atoms with Crippen LogP contribution >= 0.6 is 0 Å². The van der Waals surface area contributed by atoms with Crippen molar-refractivity contribution in [3.63, 3.8) is 0 Å². The Labute approximate surface area is 196 Å². The van der Waals surface area contributed by atoms with Crippen LogP contribution < -0.4 is 20.1 Å². The number of nitrogens with zero attached hydrogens (tertiary/aromatic N) is 1. The Morgan fingerprint density at radius 3 is 2.26 bits per heavy atom. The second kappa shape index (κ2) is 12.8. The molecule has 0 spiro atoms. The Kier molecular flexibility index (Phi) is 9.81. The molecule has 2 aromatic carbocycles. The summed E-state index contributed by atoms with van der Waals surface area (Å²) in [5.74, 6) is -0.875. The summed E-state index contributed by atoms with van der Waals surface area (Å²) in [6.07, 6.45) is -0.310. The number of esters is 1. The quantitative estimate of drug-likeness (QED) is 0.272. The second-order valence-electron chi connectivity index (χ2n) is 7.12. The molecule has 0 aliphatic rings. The van der Waals surface area contributed by atoms with Crippen LogP contribution in [0, 0.1) is 10.1 Å². The summed E-state index contributed by atoms with van der Waals surface area (Å²) in [5, 5.41) is 16.5. The fourth-order valence-corrected chi connectivity index (χ4v) is 3.07. The summed E-state index contributed by atoms with van der Waals surface area (Å²) in [6, 6.07) is 9.90. The maximum atomic E-state index is 12.4. The number of hydrogen-bond acceptors (Lipinski definition) is 8. The summed E-state index contributed by atoms with van der Waals surface area (Å²) in [7, 11) is 2.85. The van der Waals surface area contributed by atoms with Crippen molar-refractivity contribution in [1.82, 2.24) is 5.32 Å². The van der Waals surface area contributed by atoms with Crippen LogP contribution in [0.5, 0.6) is 11.5 Å². The lowest BCUT2D eigenvalue weighted by molar-refractivity contribution is -0.385. The van der Waals surface area contributed by atoms with Gasteiger partial charge in [0.1, 0.15) is 11.8 Å². The lowest BCUT2D eigenvalue weighted by Gasteiger charge is -2.17. The van der Waals surface area contributed by atoms with Crippen LogP contribution in [0.2, 0.25) is 0 Å². The van der Waals surface area contributed by atoms with Crippen molar-refractivity contribution in [3.8, 4) is 11.5 Å². The zero-order valence-corrected chi connectivity index (χ0v) is 19.2. The fourth-order valence-electron chi connectivity index (χ4n) is 3.07. The standard InChI is InChI=1S/C23H27N3O8/c1-4-34-23(29)18(13-15-5-10-20(33-3)19(14-15)26(30)31)25-22(28)12-11-21(27)24-16-6-8-17(32-2)9-7-16/h5-10,14,18H,4,11-13H2,1-3H3,(H,24,27)(H,25,28). The van der Waals surface area contributed by atoms with Crippen LogP contribution in [0.25, 0.3) is 0 Å². The normalized spacial score (nSPS) is 11.1. The Bertz CT molecular complexity index is 1020. The van der Waals surface area contributed by atoms with Crippen LogP contribution in [0.1, 0.15) is 25.3 Å². The third-order valence-electron chi connectivity index (χ3n) is 4.74. The van der Waals surface area contributed by atoms with Crippen molar-refractivity contribution >= 4 is 29.2 Å². The van der Waals surface area contributed by atoms with E-state index in [4.69, 9.17) is 14.2 Å². The van der Waals surface area contributed by atoms with E-state index in [9.17, 15) is 24.5 Å². The van der Waals surface area contributed by atoms with Gasteiger partial charge in [0.25, 0.3) is 0 Å². The van der Waals surface area contributed by atoms with Gasteiger partial charge in [0.15, 0.2) is 5.75 Å². The minimum atomic E-state index is -1.08. The van der Waals surface area contributed by atoms with E-state index in [0.717, 1.165) is 0 Å². The topological polar surface area (TPSA) is 146 Å². The number of carbonyl (C=O) groups is 3. The van der Waals surface area contributed by atoms with Gasteiger partial charge in [-0.2, -0.15) is 0 Å². The molecule has 2 aromatic rings. The number of hydrogen-bond donors (Lipinski definition) is 2. The van der Waals surface area contributed by atoms with Gasteiger partial charge in [0.05, 0.1) is 25.7 Å². The van der Waals surface area contributed by atoms with Gasteiger partial charge in [-0.1, -0.05) is 6.07 Å². The third kappa shape index (κ3) is 7.76. The molecule has 2 amide bonds. The maximum Gasteiger partial charge on any atom is 0.328 e. The Morgan fingerprint density at radius 1 is 1.00 bits per heavy atom. The summed E-state index contributed by atoms with van der Waals surface area (Å²) < 4.78 is 15.1. The third-order valence-corrected chi connectivity index (χ3v) is 4.74. The first-order valence-electron chi connectivity index (χ1n) is 10.5. The Hall–Kier alpha value is -4.15. The molecule has 1 atom stereocenters. The minimum Gasteiger partial charge on any atom is -0.497 e. The van der Waals surface area contributed by atoms with E-state index < -0.39 is 22.8 Å². The first-order valence-corrected chi connectivity index (χ1v) is 10.5. The number of rotatable bonds is 12. The highest BCUT2D eigenvalue weighted by Crippen LogP contribution is 2.28. The van der Waals surface area contributed by atoms with Gasteiger partial charge in [-0.3, -0.25) is 19.7 Å². The van der Waals surface area contributed by atoms with Gasteiger partial charge in [-0.15, -0.1) is 0 Å². The number of amides is 2. The number of nitro groups is 1. The van der Waals surface area contributed by atoms with E-state index in [1.807, 2.05) is 0 Å². The SMILES string of the molecule is CCOC(=O)C(Cc1ccc(OC)c([N+](=O)[O-])c1)NC(=O)CCC(=O)Nc1ccc(OC)cc1. The van der Waals surface area contributed by atoms with Gasteiger partial charge >= 0.3 is 11.7 Å². The molecule has 0 aliphatic carbocycles. The average Bonchev–Trinajstić information content (AvgIpc) is 2.82. The molecule has 2 N–H and O–H groups in total. The van der Waals surface area contributed by atoms with Gasteiger partial charge < -0.3 is 24.8 Å². The van der Waals surface area contributed by atoms with Gasteiger partial charge in [-0.05, 0) is 42.8 Å². The highest BCUT2D eigenvalue weighted by Gasteiger charge is 2.24. The summed E-state index contributed by atoms with van der Waals surface area (Å²) >= 11 is 0. The number of anilines is 1. The molecule has 0 fully saturated rings. The van der Waals surface area contributed by atoms with Crippen molar-refractivity contribution < 1.29 is 33.5 Å². The van der Waals surface area contributed by atoms with Crippen molar-refractivity contribution in [3.05, 3.63) is 58.1 Å². The first kappa shape index (κ1) is 26.1. The zero-order chi connectivity index (χ0) is 25.1. The summed E-state index contributed by atoms with van der Waals surface area (Å²) in [6.45, 7) is 1.72. The van der Waals surface area contributed by atoms with E-state index in [2.05, 4.69) is 10.6 Å². The monoisotopic (exact) mass is 473 g/mol. The Morgan fingerprint density at radius 2 is 1.68 bits per heavy atom. The zero-order valence-electron chi connectivity index (χ0n) is 19.2. The largest absolute Gasteiger partial charge is 0.497 e. The van der Waals surface area contributed by atoms with Crippen molar-refractivity contribution in [2.75, 3.05) is 26.1 Å². The summed E-state index contributed by atoms with van der Waals surface area (Å²) in [4.78, 5) is 47.6. The molecule has 0 aliphatic heterocycles. The highest BCUT2D eigenvalue weighted by atomic mass is 16.6. The van der Waals surface area contributed by atoms with E-state index in [0.29, 0.717) is 17.0 Å². The Balaban J connectivity index is 1.99. The van der Waals surface area contributed by atoms with E-state index >= 15 is 0 Å². The molecule has 11 heteroatoms. The molecule has 0 heterocycles. The van der Waals surface area contributed by atoms with Crippen LogP contribution in [0.3, 0.4) is 0 Å². The average molecular weight is 473 g/mol. The molecule has 0 aromatic heterocycles. The van der Waals surface area contributed by atoms with Gasteiger partial charge in [0, 0.05) is 31.0 Å². The molecular weight excluding hydrogens is 446 g/mol. The molecule has 0 saturated heterocycles. The lowest BCUT2D eigenvalue weighted by atomic mass is 10.0. The second-order valence-corrected chi connectivity index (χ2v) is 7.12. The van der Waals surface area contributed by atoms with Crippen LogP contribution in [-0.2, 0) is 25.5 Å². The minimum absolute atomic E-state index is 0.0343. The maximum absolute atomic E-state index is 12.4. The summed E-state index contributed by atoms with van der Waals surface area (Å²) in [5.41, 5.74) is 0.726. The van der Waals surface area contributed by atoms with E-state index in [1.54, 1.807) is 37.3 Å². The van der Waals surface area contributed by atoms with Crippen molar-refractivity contribution in [1.29, 1.82) is 0 Å². The first-order chi connectivity index (χ1) is 16.3. The number of nitro benzene ring substituents is 1. The highest BCUT2D eigenvalue weighted by molar-refractivity contribution is 5.94.